The molecule has 1 amide bonds. The average Bonchev–Trinajstić information content (AvgIpc) is 3.23. The number of aryl methyl sites for hydroxylation is 1. The Labute approximate surface area is 154 Å². The zero-order valence-electron chi connectivity index (χ0n) is 13.9. The van der Waals surface area contributed by atoms with Crippen molar-refractivity contribution in [2.75, 3.05) is 26.2 Å². The van der Waals surface area contributed by atoms with Gasteiger partial charge in [-0.25, -0.2) is 8.42 Å². The van der Waals surface area contributed by atoms with Crippen LogP contribution in [0.5, 0.6) is 0 Å². The molecule has 3 rings (SSSR count). The number of amides is 1. The van der Waals surface area contributed by atoms with E-state index in [4.69, 9.17) is 0 Å². The molecule has 0 N–H and O–H groups in total. The highest BCUT2D eigenvalue weighted by molar-refractivity contribution is 7.91. The maximum atomic E-state index is 12.6. The first kappa shape index (κ1) is 18.2. The number of carbonyl (C=O) groups is 2. The molecule has 0 bridgehead atoms. The normalized spacial score (nSPS) is 16.2. The maximum Gasteiger partial charge on any atom is 0.264 e. The maximum absolute atomic E-state index is 12.6. The molecule has 1 aliphatic rings. The van der Waals surface area contributed by atoms with E-state index in [9.17, 15) is 18.0 Å². The summed E-state index contributed by atoms with van der Waals surface area (Å²) in [5.74, 6) is -0.215. The molecule has 2 aromatic heterocycles. The minimum absolute atomic E-state index is 0.0637. The molecule has 0 aliphatic carbocycles. The number of hydrogen-bond acceptors (Lipinski definition) is 6. The molecular weight excluding hydrogens is 380 g/mol. The number of thiophene rings is 2. The second-order valence-electron chi connectivity index (χ2n) is 5.78. The van der Waals surface area contributed by atoms with Crippen LogP contribution in [-0.2, 0) is 10.0 Å². The molecule has 0 spiro atoms. The van der Waals surface area contributed by atoms with Gasteiger partial charge < -0.3 is 4.90 Å². The van der Waals surface area contributed by atoms with E-state index in [1.54, 1.807) is 29.2 Å². The molecule has 1 saturated heterocycles. The highest BCUT2D eigenvalue weighted by Gasteiger charge is 2.31. The van der Waals surface area contributed by atoms with E-state index in [-0.39, 0.29) is 24.8 Å². The molecule has 0 aromatic carbocycles. The fourth-order valence-electron chi connectivity index (χ4n) is 2.61. The van der Waals surface area contributed by atoms with E-state index in [1.807, 2.05) is 6.92 Å². The number of piperazine rings is 1. The summed E-state index contributed by atoms with van der Waals surface area (Å²) in [4.78, 5) is 27.5. The molecule has 25 heavy (non-hydrogen) atoms. The lowest BCUT2D eigenvalue weighted by molar-refractivity contribution is 0.0703. The molecular formula is C16H18N2O4S3. The fourth-order valence-corrected chi connectivity index (χ4v) is 6.34. The van der Waals surface area contributed by atoms with E-state index in [2.05, 4.69) is 0 Å². The first-order valence-electron chi connectivity index (χ1n) is 7.75. The Morgan fingerprint density at radius 2 is 1.60 bits per heavy atom. The lowest BCUT2D eigenvalue weighted by Crippen LogP contribution is -2.50. The van der Waals surface area contributed by atoms with Crippen LogP contribution >= 0.6 is 22.7 Å². The predicted molar refractivity (Wildman–Crippen MR) is 98.0 cm³/mol. The summed E-state index contributed by atoms with van der Waals surface area (Å²) in [7, 11) is -3.49. The first-order valence-corrected chi connectivity index (χ1v) is 10.8. The second-order valence-corrected chi connectivity index (χ2v) is 10.3. The molecule has 3 heterocycles. The van der Waals surface area contributed by atoms with Crippen molar-refractivity contribution in [1.29, 1.82) is 0 Å². The molecule has 134 valence electrons. The van der Waals surface area contributed by atoms with E-state index in [1.165, 1.54) is 33.9 Å². The third kappa shape index (κ3) is 3.69. The van der Waals surface area contributed by atoms with Crippen molar-refractivity contribution in [3.63, 3.8) is 0 Å². The van der Waals surface area contributed by atoms with Gasteiger partial charge in [0.2, 0.25) is 0 Å². The highest BCUT2D eigenvalue weighted by atomic mass is 32.2. The van der Waals surface area contributed by atoms with Crippen LogP contribution in [0.25, 0.3) is 0 Å². The predicted octanol–water partition coefficient (Wildman–Crippen LogP) is 2.47. The Morgan fingerprint density at radius 1 is 0.960 bits per heavy atom. The molecule has 1 aliphatic heterocycles. The van der Waals surface area contributed by atoms with Crippen LogP contribution in [0.3, 0.4) is 0 Å². The van der Waals surface area contributed by atoms with Crippen molar-refractivity contribution < 1.29 is 18.0 Å². The van der Waals surface area contributed by atoms with Gasteiger partial charge in [0.05, 0.1) is 9.75 Å². The number of carbonyl (C=O) groups excluding carboxylic acids is 2. The Hall–Kier alpha value is -1.55. The van der Waals surface area contributed by atoms with Crippen molar-refractivity contribution in [3.8, 4) is 0 Å². The third-order valence-electron chi connectivity index (χ3n) is 4.00. The number of ketones is 1. The quantitative estimate of drug-likeness (QED) is 0.742. The van der Waals surface area contributed by atoms with E-state index < -0.39 is 10.0 Å². The largest absolute Gasteiger partial charge is 0.335 e. The summed E-state index contributed by atoms with van der Waals surface area (Å²) in [6.07, 6.45) is 0. The number of rotatable bonds is 4. The van der Waals surface area contributed by atoms with Crippen molar-refractivity contribution >= 4 is 44.4 Å². The highest BCUT2D eigenvalue weighted by Crippen LogP contribution is 2.26. The molecule has 9 heteroatoms. The van der Waals surface area contributed by atoms with Crippen LogP contribution < -0.4 is 0 Å². The van der Waals surface area contributed by atoms with Gasteiger partial charge in [0.25, 0.3) is 15.9 Å². The van der Waals surface area contributed by atoms with Gasteiger partial charge in [-0.05, 0) is 38.1 Å². The van der Waals surface area contributed by atoms with E-state index in [0.29, 0.717) is 27.1 Å². The van der Waals surface area contributed by atoms with Gasteiger partial charge in [0, 0.05) is 31.1 Å². The summed E-state index contributed by atoms with van der Waals surface area (Å²) >= 11 is 2.44. The molecule has 0 atom stereocenters. The summed E-state index contributed by atoms with van der Waals surface area (Å²) in [5, 5.41) is 0. The zero-order chi connectivity index (χ0) is 18.2. The number of Topliss-reactive ketones (excluding diaryl/α,β-unsaturated/α-hetero) is 1. The number of hydrogen-bond donors (Lipinski definition) is 0. The van der Waals surface area contributed by atoms with Gasteiger partial charge in [-0.15, -0.1) is 22.7 Å². The average molecular weight is 399 g/mol. The molecule has 2 aromatic rings. The standard InChI is InChI=1S/C16H18N2O4S3/c1-11-3-6-15(23-11)25(21,22)18-9-7-17(8-10-18)16(20)14-5-4-13(24-14)12(2)19/h3-6H,7-10H2,1-2H3. The van der Waals surface area contributed by atoms with Crippen LogP contribution in [0.15, 0.2) is 28.5 Å². The van der Waals surface area contributed by atoms with Crippen molar-refractivity contribution in [2.24, 2.45) is 0 Å². The van der Waals surface area contributed by atoms with Gasteiger partial charge in [0.15, 0.2) is 5.78 Å². The van der Waals surface area contributed by atoms with Gasteiger partial charge in [0.1, 0.15) is 4.21 Å². The van der Waals surface area contributed by atoms with Gasteiger partial charge in [-0.3, -0.25) is 9.59 Å². The Balaban J connectivity index is 1.67. The van der Waals surface area contributed by atoms with Crippen molar-refractivity contribution in [3.05, 3.63) is 38.9 Å². The van der Waals surface area contributed by atoms with Gasteiger partial charge in [-0.2, -0.15) is 4.31 Å². The monoisotopic (exact) mass is 398 g/mol. The Kier molecular flexibility index (Phi) is 5.10. The number of sulfonamides is 1. The first-order chi connectivity index (χ1) is 11.8. The topological polar surface area (TPSA) is 74.8 Å². The van der Waals surface area contributed by atoms with Crippen LogP contribution in [0, 0.1) is 6.92 Å². The van der Waals surface area contributed by atoms with E-state index in [0.717, 1.165) is 4.88 Å². The summed E-state index contributed by atoms with van der Waals surface area (Å²) in [6, 6.07) is 6.73. The fraction of sp³-hybridized carbons (Fsp3) is 0.375. The summed E-state index contributed by atoms with van der Waals surface area (Å²) in [6.45, 7) is 4.57. The van der Waals surface area contributed by atoms with Gasteiger partial charge >= 0.3 is 0 Å². The van der Waals surface area contributed by atoms with Crippen molar-refractivity contribution in [1.82, 2.24) is 9.21 Å². The van der Waals surface area contributed by atoms with Crippen LogP contribution in [0.1, 0.15) is 31.1 Å². The van der Waals surface area contributed by atoms with Crippen LogP contribution in [-0.4, -0.2) is 55.5 Å². The Bertz CT molecular complexity index is 905. The van der Waals surface area contributed by atoms with Crippen LogP contribution in [0.2, 0.25) is 0 Å². The smallest absolute Gasteiger partial charge is 0.264 e. The zero-order valence-corrected chi connectivity index (χ0v) is 16.3. The second kappa shape index (κ2) is 6.99. The minimum atomic E-state index is -3.49. The minimum Gasteiger partial charge on any atom is -0.335 e. The lowest BCUT2D eigenvalue weighted by Gasteiger charge is -2.33. The summed E-state index contributed by atoms with van der Waals surface area (Å²) in [5.41, 5.74) is 0. The lowest BCUT2D eigenvalue weighted by atomic mass is 10.3. The molecule has 0 saturated carbocycles. The summed E-state index contributed by atoms with van der Waals surface area (Å²) < 4.78 is 27.0. The van der Waals surface area contributed by atoms with E-state index >= 15 is 0 Å². The SMILES string of the molecule is CC(=O)c1ccc(C(=O)N2CCN(S(=O)(=O)c3ccc(C)s3)CC2)s1. The molecule has 0 unspecified atom stereocenters. The molecule has 0 radical (unpaired) electrons. The molecule has 1 fully saturated rings. The van der Waals surface area contributed by atoms with Crippen molar-refractivity contribution in [2.45, 2.75) is 18.1 Å². The third-order valence-corrected chi connectivity index (χ3v) is 8.54. The van der Waals surface area contributed by atoms with Gasteiger partial charge in [-0.1, -0.05) is 0 Å². The molecule has 6 nitrogen and oxygen atoms in total. The Morgan fingerprint density at radius 3 is 2.12 bits per heavy atom. The van der Waals surface area contributed by atoms with Crippen LogP contribution in [0.4, 0.5) is 0 Å². The number of nitrogens with zero attached hydrogens (tertiary/aromatic N) is 2.